The van der Waals surface area contributed by atoms with Crippen molar-refractivity contribution >= 4 is 33.7 Å². The molecule has 2 heterocycles. The second kappa shape index (κ2) is 11.9. The highest BCUT2D eigenvalue weighted by molar-refractivity contribution is 8.01. The number of hydrogen-bond acceptors (Lipinski definition) is 8. The maximum Gasteiger partial charge on any atom is 0.328 e. The standard InChI is InChI=1S/C28H37N3O6S2/c1-19-5-11-23(12-6-19)39(35,36)31(26(32)25-29-28(2,3)18-38-25)24(27(33)34)17-20-7-9-21(10-8-20)37-22-13-15-30(4)16-14-22/h5-12,22,24-25,29H,13-18H2,1-4H3,(H,33,34)/t24-,25-/m0/s1. The number of hydrogen-bond donors (Lipinski definition) is 2. The molecular weight excluding hydrogens is 538 g/mol. The Hall–Kier alpha value is -2.60. The first-order chi connectivity index (χ1) is 18.4. The molecule has 0 aromatic heterocycles. The molecule has 2 aliphatic rings. The number of rotatable bonds is 9. The summed E-state index contributed by atoms with van der Waals surface area (Å²) in [5.74, 6) is -0.930. The number of thioether (sulfide) groups is 1. The van der Waals surface area contributed by atoms with Crippen molar-refractivity contribution in [2.24, 2.45) is 0 Å². The van der Waals surface area contributed by atoms with Crippen LogP contribution in [0.1, 0.15) is 37.8 Å². The molecule has 2 saturated heterocycles. The third kappa shape index (κ3) is 7.13. The van der Waals surface area contributed by atoms with E-state index in [1.54, 1.807) is 36.4 Å². The van der Waals surface area contributed by atoms with E-state index in [2.05, 4.69) is 17.3 Å². The molecule has 2 fully saturated rings. The molecule has 39 heavy (non-hydrogen) atoms. The van der Waals surface area contributed by atoms with Crippen LogP contribution < -0.4 is 10.1 Å². The van der Waals surface area contributed by atoms with Gasteiger partial charge in [-0.3, -0.25) is 10.1 Å². The molecule has 0 bridgehead atoms. The Morgan fingerprint density at radius 1 is 1.13 bits per heavy atom. The lowest BCUT2D eigenvalue weighted by Gasteiger charge is -2.31. The Balaban J connectivity index is 1.61. The summed E-state index contributed by atoms with van der Waals surface area (Å²) in [6.45, 7) is 7.58. The van der Waals surface area contributed by atoms with E-state index in [-0.39, 0.29) is 17.4 Å². The zero-order chi connectivity index (χ0) is 28.4. The molecule has 2 aromatic rings. The molecule has 4 rings (SSSR count). The summed E-state index contributed by atoms with van der Waals surface area (Å²) in [4.78, 5) is 28.4. The number of aryl methyl sites for hydroxylation is 1. The second-order valence-electron chi connectivity index (χ2n) is 11.0. The number of ether oxygens (including phenoxy) is 1. The van der Waals surface area contributed by atoms with Crippen molar-refractivity contribution in [3.05, 3.63) is 59.7 Å². The average Bonchev–Trinajstić information content (AvgIpc) is 3.25. The third-order valence-corrected chi connectivity index (χ3v) is 10.4. The van der Waals surface area contributed by atoms with Crippen LogP contribution >= 0.6 is 11.8 Å². The van der Waals surface area contributed by atoms with Gasteiger partial charge in [0.25, 0.3) is 15.9 Å². The van der Waals surface area contributed by atoms with E-state index in [1.807, 2.05) is 20.8 Å². The number of carboxylic acid groups (broad SMARTS) is 1. The topological polar surface area (TPSA) is 116 Å². The number of carboxylic acids is 1. The van der Waals surface area contributed by atoms with Crippen molar-refractivity contribution in [1.29, 1.82) is 0 Å². The lowest BCUT2D eigenvalue weighted by Crippen LogP contribution is -2.55. The number of carbonyl (C=O) groups excluding carboxylic acids is 1. The maximum atomic E-state index is 13.8. The summed E-state index contributed by atoms with van der Waals surface area (Å²) in [5.41, 5.74) is 1.04. The summed E-state index contributed by atoms with van der Waals surface area (Å²) < 4.78 is 34.3. The summed E-state index contributed by atoms with van der Waals surface area (Å²) >= 11 is 1.27. The van der Waals surface area contributed by atoms with Gasteiger partial charge in [0.2, 0.25) is 0 Å². The second-order valence-corrected chi connectivity index (χ2v) is 13.9. The maximum absolute atomic E-state index is 13.8. The number of nitrogens with zero attached hydrogens (tertiary/aromatic N) is 2. The van der Waals surface area contributed by atoms with Gasteiger partial charge in [-0.2, -0.15) is 0 Å². The quantitative estimate of drug-likeness (QED) is 0.465. The highest BCUT2D eigenvalue weighted by Gasteiger charge is 2.46. The van der Waals surface area contributed by atoms with Crippen LogP contribution in [0.3, 0.4) is 0 Å². The van der Waals surface area contributed by atoms with Gasteiger partial charge in [0, 0.05) is 30.8 Å². The lowest BCUT2D eigenvalue weighted by molar-refractivity contribution is -0.146. The highest BCUT2D eigenvalue weighted by Crippen LogP contribution is 2.31. The van der Waals surface area contributed by atoms with Gasteiger partial charge in [-0.05, 0) is 70.5 Å². The van der Waals surface area contributed by atoms with E-state index in [0.29, 0.717) is 21.4 Å². The first kappa shape index (κ1) is 29.4. The van der Waals surface area contributed by atoms with Crippen LogP contribution in [0, 0.1) is 6.92 Å². The predicted octanol–water partition coefficient (Wildman–Crippen LogP) is 3.12. The van der Waals surface area contributed by atoms with Crippen molar-refractivity contribution in [2.45, 2.75) is 68.0 Å². The molecule has 0 saturated carbocycles. The van der Waals surface area contributed by atoms with E-state index in [9.17, 15) is 23.1 Å². The Kier molecular flexibility index (Phi) is 8.95. The fourth-order valence-corrected chi connectivity index (χ4v) is 7.68. The summed E-state index contributed by atoms with van der Waals surface area (Å²) in [6, 6.07) is 11.4. The molecule has 0 spiro atoms. The molecule has 0 radical (unpaired) electrons. The van der Waals surface area contributed by atoms with Gasteiger partial charge < -0.3 is 14.7 Å². The van der Waals surface area contributed by atoms with Gasteiger partial charge in [0.15, 0.2) is 0 Å². The highest BCUT2D eigenvalue weighted by atomic mass is 32.2. The minimum Gasteiger partial charge on any atom is -0.490 e. The van der Waals surface area contributed by atoms with E-state index >= 15 is 0 Å². The molecule has 9 nitrogen and oxygen atoms in total. The Morgan fingerprint density at radius 3 is 2.28 bits per heavy atom. The van der Waals surface area contributed by atoms with Crippen molar-refractivity contribution in [1.82, 2.24) is 14.5 Å². The monoisotopic (exact) mass is 575 g/mol. The lowest BCUT2D eigenvalue weighted by atomic mass is 10.1. The van der Waals surface area contributed by atoms with E-state index in [0.717, 1.165) is 31.5 Å². The number of carbonyl (C=O) groups is 2. The Morgan fingerprint density at radius 2 is 1.74 bits per heavy atom. The zero-order valence-corrected chi connectivity index (χ0v) is 24.4. The SMILES string of the molecule is Cc1ccc(S(=O)(=O)N(C(=O)[C@H]2NC(C)(C)CS2)[C@@H](Cc2ccc(OC3CCN(C)CC3)cc2)C(=O)O)cc1. The number of benzene rings is 2. The van der Waals surface area contributed by atoms with E-state index in [1.165, 1.54) is 23.9 Å². The van der Waals surface area contributed by atoms with Crippen molar-refractivity contribution in [3.63, 3.8) is 0 Å². The largest absolute Gasteiger partial charge is 0.490 e. The summed E-state index contributed by atoms with van der Waals surface area (Å²) in [6.07, 6.45) is 1.79. The fraction of sp³-hybridized carbons (Fsp3) is 0.500. The van der Waals surface area contributed by atoms with Gasteiger partial charge in [-0.25, -0.2) is 17.5 Å². The zero-order valence-electron chi connectivity index (χ0n) is 22.8. The van der Waals surface area contributed by atoms with Crippen LogP contribution in [0.5, 0.6) is 5.75 Å². The van der Waals surface area contributed by atoms with Crippen molar-refractivity contribution in [3.8, 4) is 5.75 Å². The Bertz CT molecular complexity index is 1270. The van der Waals surface area contributed by atoms with Crippen molar-refractivity contribution < 1.29 is 27.9 Å². The predicted molar refractivity (Wildman–Crippen MR) is 151 cm³/mol. The molecule has 0 aliphatic carbocycles. The number of amides is 1. The number of aliphatic carboxylic acids is 1. The number of likely N-dealkylation sites (tertiary alicyclic amines) is 1. The Labute approximate surface area is 235 Å². The average molecular weight is 576 g/mol. The molecule has 212 valence electrons. The minimum atomic E-state index is -4.47. The van der Waals surface area contributed by atoms with Gasteiger partial charge in [-0.1, -0.05) is 29.8 Å². The van der Waals surface area contributed by atoms with Crippen LogP contribution in [-0.2, 0) is 26.0 Å². The number of piperidine rings is 1. The van der Waals surface area contributed by atoms with Gasteiger partial charge in [-0.15, -0.1) is 11.8 Å². The molecule has 2 aliphatic heterocycles. The first-order valence-corrected chi connectivity index (χ1v) is 15.6. The fourth-order valence-electron chi connectivity index (χ4n) is 4.73. The van der Waals surface area contributed by atoms with Crippen LogP contribution in [0.25, 0.3) is 0 Å². The first-order valence-electron chi connectivity index (χ1n) is 13.1. The minimum absolute atomic E-state index is 0.118. The number of nitrogens with one attached hydrogen (secondary N) is 1. The van der Waals surface area contributed by atoms with Crippen LogP contribution in [-0.4, -0.2) is 83.6 Å². The van der Waals surface area contributed by atoms with Gasteiger partial charge >= 0.3 is 5.97 Å². The van der Waals surface area contributed by atoms with E-state index < -0.39 is 38.9 Å². The van der Waals surface area contributed by atoms with Crippen LogP contribution in [0.2, 0.25) is 0 Å². The normalized spacial score (nSPS) is 20.9. The van der Waals surface area contributed by atoms with Gasteiger partial charge in [0.1, 0.15) is 23.3 Å². The number of sulfonamides is 1. The molecule has 2 aromatic carbocycles. The molecule has 1 amide bonds. The van der Waals surface area contributed by atoms with Gasteiger partial charge in [0.05, 0.1) is 4.90 Å². The molecule has 2 atom stereocenters. The third-order valence-electron chi connectivity index (χ3n) is 7.04. The molecule has 2 N–H and O–H groups in total. The van der Waals surface area contributed by atoms with E-state index in [4.69, 9.17) is 4.74 Å². The molecule has 0 unspecified atom stereocenters. The summed E-state index contributed by atoms with van der Waals surface area (Å²) in [7, 11) is -2.38. The molecule has 11 heteroatoms. The smallest absolute Gasteiger partial charge is 0.328 e. The summed E-state index contributed by atoms with van der Waals surface area (Å²) in [5, 5.41) is 12.5. The van der Waals surface area contributed by atoms with Crippen LogP contribution in [0.4, 0.5) is 0 Å². The van der Waals surface area contributed by atoms with Crippen LogP contribution in [0.15, 0.2) is 53.4 Å². The molecular formula is C28H37N3O6S2. The van der Waals surface area contributed by atoms with Crippen molar-refractivity contribution in [2.75, 3.05) is 25.9 Å².